The molecule has 2 atom stereocenters. The molecule has 2 unspecified atom stereocenters. The predicted octanol–water partition coefficient (Wildman–Crippen LogP) is 2.48. The van der Waals surface area contributed by atoms with E-state index in [4.69, 9.17) is 0 Å². The van der Waals surface area contributed by atoms with E-state index in [9.17, 15) is 0 Å². The van der Waals surface area contributed by atoms with Crippen LogP contribution in [0.25, 0.3) is 0 Å². The maximum atomic E-state index is 4.21. The van der Waals surface area contributed by atoms with Crippen LogP contribution in [0.2, 0.25) is 0 Å². The number of rotatable bonds is 2. The number of hydrogen-bond acceptors (Lipinski definition) is 1. The highest BCUT2D eigenvalue weighted by molar-refractivity contribution is 9.09. The summed E-state index contributed by atoms with van der Waals surface area (Å²) in [4.78, 5) is 0.611. The Kier molecular flexibility index (Phi) is 4.24. The van der Waals surface area contributed by atoms with Gasteiger partial charge in [0.15, 0.2) is 0 Å². The first kappa shape index (κ1) is 7.83. The smallest absolute Gasteiger partial charge is 0.0127 e. The van der Waals surface area contributed by atoms with E-state index in [2.05, 4.69) is 42.4 Å². The number of hydrogen-bond donors (Lipinski definition) is 1. The standard InChI is InChI=1S/C5H11BrS/c1-4(6)3-5(2)7/h4-5,7H,3H2,1-2H3. The highest BCUT2D eigenvalue weighted by Gasteiger charge is 1.98. The molecule has 0 rings (SSSR count). The molecule has 0 nitrogen and oxygen atoms in total. The molecular weight excluding hydrogens is 172 g/mol. The molecule has 44 valence electrons. The van der Waals surface area contributed by atoms with Crippen LogP contribution in [-0.2, 0) is 0 Å². The van der Waals surface area contributed by atoms with Crippen molar-refractivity contribution in [2.45, 2.75) is 30.3 Å². The van der Waals surface area contributed by atoms with Crippen molar-refractivity contribution in [3.8, 4) is 0 Å². The maximum Gasteiger partial charge on any atom is 0.0127 e. The van der Waals surface area contributed by atoms with Crippen LogP contribution >= 0.6 is 28.6 Å². The molecule has 0 fully saturated rings. The van der Waals surface area contributed by atoms with Gasteiger partial charge in [0.25, 0.3) is 0 Å². The minimum absolute atomic E-state index is 0.523. The van der Waals surface area contributed by atoms with Crippen molar-refractivity contribution in [2.75, 3.05) is 0 Å². The predicted molar refractivity (Wildman–Crippen MR) is 41.5 cm³/mol. The lowest BCUT2D eigenvalue weighted by Gasteiger charge is -2.03. The van der Waals surface area contributed by atoms with E-state index < -0.39 is 0 Å². The Bertz CT molecular complexity index is 37.3. The Hall–Kier alpha value is 0.830. The minimum Gasteiger partial charge on any atom is -0.176 e. The molecule has 0 radical (unpaired) electrons. The third-order valence-electron chi connectivity index (χ3n) is 0.666. The van der Waals surface area contributed by atoms with Crippen LogP contribution in [0.15, 0.2) is 0 Å². The summed E-state index contributed by atoms with van der Waals surface area (Å²) in [6, 6.07) is 0. The first-order valence-corrected chi connectivity index (χ1v) is 3.88. The molecule has 0 aromatic rings. The van der Waals surface area contributed by atoms with Gasteiger partial charge in [0.1, 0.15) is 0 Å². The van der Waals surface area contributed by atoms with E-state index in [-0.39, 0.29) is 0 Å². The molecule has 0 aliphatic carbocycles. The average Bonchev–Trinajstić information content (AvgIpc) is 1.27. The first-order valence-electron chi connectivity index (χ1n) is 2.45. The Morgan fingerprint density at radius 1 is 1.57 bits per heavy atom. The van der Waals surface area contributed by atoms with Gasteiger partial charge in [-0.3, -0.25) is 0 Å². The van der Waals surface area contributed by atoms with Gasteiger partial charge in [0, 0.05) is 4.83 Å². The molecule has 0 spiro atoms. The van der Waals surface area contributed by atoms with Crippen LogP contribution in [0.3, 0.4) is 0 Å². The highest BCUT2D eigenvalue weighted by atomic mass is 79.9. The zero-order chi connectivity index (χ0) is 5.86. The molecule has 0 aromatic carbocycles. The molecular formula is C5H11BrS. The summed E-state index contributed by atoms with van der Waals surface area (Å²) in [5.74, 6) is 0. The van der Waals surface area contributed by atoms with Gasteiger partial charge in [-0.05, 0) is 11.7 Å². The van der Waals surface area contributed by atoms with E-state index in [1.165, 1.54) is 0 Å². The second-order valence-corrected chi connectivity index (χ2v) is 4.31. The zero-order valence-electron chi connectivity index (χ0n) is 4.69. The van der Waals surface area contributed by atoms with Crippen LogP contribution in [0, 0.1) is 0 Å². The molecule has 0 heterocycles. The third kappa shape index (κ3) is 6.83. The largest absolute Gasteiger partial charge is 0.176 e. The van der Waals surface area contributed by atoms with Crippen LogP contribution in [0.4, 0.5) is 0 Å². The average molecular weight is 183 g/mol. The molecule has 0 aromatic heterocycles. The van der Waals surface area contributed by atoms with E-state index in [1.807, 2.05) is 0 Å². The van der Waals surface area contributed by atoms with Crippen molar-refractivity contribution in [2.24, 2.45) is 0 Å². The van der Waals surface area contributed by atoms with Crippen molar-refractivity contribution in [1.29, 1.82) is 0 Å². The van der Waals surface area contributed by atoms with Crippen LogP contribution in [0.1, 0.15) is 20.3 Å². The Morgan fingerprint density at radius 2 is 2.00 bits per heavy atom. The van der Waals surface area contributed by atoms with Gasteiger partial charge in [-0.25, -0.2) is 0 Å². The molecule has 7 heavy (non-hydrogen) atoms. The normalized spacial score (nSPS) is 18.9. The third-order valence-corrected chi connectivity index (χ3v) is 1.25. The number of halogens is 1. The van der Waals surface area contributed by atoms with Gasteiger partial charge in [-0.2, -0.15) is 12.6 Å². The number of thiol groups is 1. The van der Waals surface area contributed by atoms with Crippen molar-refractivity contribution in [1.82, 2.24) is 0 Å². The Balaban J connectivity index is 2.95. The van der Waals surface area contributed by atoms with Crippen molar-refractivity contribution < 1.29 is 0 Å². The van der Waals surface area contributed by atoms with Crippen LogP contribution in [-0.4, -0.2) is 10.1 Å². The van der Waals surface area contributed by atoms with Crippen LogP contribution in [0.5, 0.6) is 0 Å². The molecule has 0 bridgehead atoms. The molecule has 0 aliphatic rings. The lowest BCUT2D eigenvalue weighted by Crippen LogP contribution is -1.98. The monoisotopic (exact) mass is 182 g/mol. The van der Waals surface area contributed by atoms with Gasteiger partial charge >= 0.3 is 0 Å². The summed E-state index contributed by atoms with van der Waals surface area (Å²) < 4.78 is 0. The molecule has 0 saturated heterocycles. The van der Waals surface area contributed by atoms with Gasteiger partial charge < -0.3 is 0 Å². The SMILES string of the molecule is CC(S)CC(C)Br. The van der Waals surface area contributed by atoms with Crippen molar-refractivity contribution in [3.63, 3.8) is 0 Å². The molecule has 0 aliphatic heterocycles. The minimum atomic E-state index is 0.523. The summed E-state index contributed by atoms with van der Waals surface area (Å²) in [5.41, 5.74) is 0. The second-order valence-electron chi connectivity index (χ2n) is 1.87. The van der Waals surface area contributed by atoms with E-state index >= 15 is 0 Å². The summed E-state index contributed by atoms with van der Waals surface area (Å²) in [6.45, 7) is 4.23. The molecule has 0 amide bonds. The maximum absolute atomic E-state index is 4.21. The van der Waals surface area contributed by atoms with E-state index in [0.29, 0.717) is 10.1 Å². The van der Waals surface area contributed by atoms with Gasteiger partial charge in [0.05, 0.1) is 0 Å². The lowest BCUT2D eigenvalue weighted by molar-refractivity contribution is 0.817. The van der Waals surface area contributed by atoms with Crippen molar-refractivity contribution >= 4 is 28.6 Å². The van der Waals surface area contributed by atoms with E-state index in [0.717, 1.165) is 6.42 Å². The number of alkyl halides is 1. The molecule has 2 heteroatoms. The topological polar surface area (TPSA) is 0 Å². The summed E-state index contributed by atoms with van der Waals surface area (Å²) in [6.07, 6.45) is 1.14. The van der Waals surface area contributed by atoms with Gasteiger partial charge in [-0.1, -0.05) is 29.8 Å². The first-order chi connectivity index (χ1) is 3.13. The zero-order valence-corrected chi connectivity index (χ0v) is 7.17. The quantitative estimate of drug-likeness (QED) is 0.493. The van der Waals surface area contributed by atoms with Crippen LogP contribution < -0.4 is 0 Å². The second kappa shape index (κ2) is 3.79. The summed E-state index contributed by atoms with van der Waals surface area (Å²) in [7, 11) is 0. The van der Waals surface area contributed by atoms with Gasteiger partial charge in [0.2, 0.25) is 0 Å². The Morgan fingerprint density at radius 3 is 2.00 bits per heavy atom. The van der Waals surface area contributed by atoms with Gasteiger partial charge in [-0.15, -0.1) is 0 Å². The summed E-state index contributed by atoms with van der Waals surface area (Å²) >= 11 is 7.63. The fourth-order valence-corrected chi connectivity index (χ4v) is 1.64. The fraction of sp³-hybridized carbons (Fsp3) is 1.00. The Labute approximate surface area is 59.2 Å². The molecule has 0 saturated carbocycles. The summed E-state index contributed by atoms with van der Waals surface area (Å²) in [5, 5.41) is 0.523. The molecule has 0 N–H and O–H groups in total. The van der Waals surface area contributed by atoms with Crippen molar-refractivity contribution in [3.05, 3.63) is 0 Å². The van der Waals surface area contributed by atoms with E-state index in [1.54, 1.807) is 0 Å². The lowest BCUT2D eigenvalue weighted by atomic mass is 10.3. The fourth-order valence-electron chi connectivity index (χ4n) is 0.470. The highest BCUT2D eigenvalue weighted by Crippen LogP contribution is 2.09.